The van der Waals surface area contributed by atoms with Crippen molar-refractivity contribution >= 4 is 44.7 Å². The third-order valence-corrected chi connectivity index (χ3v) is 4.19. The molecule has 0 aliphatic heterocycles. The summed E-state index contributed by atoms with van der Waals surface area (Å²) in [4.78, 5) is 15.9. The third-order valence-electron chi connectivity index (χ3n) is 2.49. The second-order valence-electron chi connectivity index (χ2n) is 3.74. The number of rotatable bonds is 4. The minimum Gasteiger partial charge on any atom is -0.296 e. The van der Waals surface area contributed by atoms with Crippen LogP contribution in [0.4, 0.5) is 0 Å². The number of carbonyl (C=O) groups is 1. The van der Waals surface area contributed by atoms with Gasteiger partial charge in [0.1, 0.15) is 5.01 Å². The second kappa shape index (κ2) is 6.29. The summed E-state index contributed by atoms with van der Waals surface area (Å²) in [6, 6.07) is 9.63. The lowest BCUT2D eigenvalue weighted by atomic mass is 10.1. The fraction of sp³-hybridized carbons (Fsp3) is 0.154. The molecule has 1 heterocycles. The fourth-order valence-electron chi connectivity index (χ4n) is 1.52. The van der Waals surface area contributed by atoms with Gasteiger partial charge in [0.2, 0.25) is 0 Å². The van der Waals surface area contributed by atoms with Crippen LogP contribution in [0.2, 0.25) is 0 Å². The van der Waals surface area contributed by atoms with Gasteiger partial charge in [-0.1, -0.05) is 28.1 Å². The molecule has 0 bridgehead atoms. The molecular weight excluding hydrogens is 348 g/mol. The number of Topliss-reactive ketones (excluding diaryl/α,β-unsaturated/α-hetero) is 1. The van der Waals surface area contributed by atoms with Crippen molar-refractivity contribution in [2.75, 3.05) is 5.88 Å². The van der Waals surface area contributed by atoms with E-state index in [-0.39, 0.29) is 11.7 Å². The Morgan fingerprint density at radius 3 is 2.74 bits per heavy atom. The summed E-state index contributed by atoms with van der Waals surface area (Å²) in [5.41, 5.74) is 1.70. The summed E-state index contributed by atoms with van der Waals surface area (Å²) in [5.74, 6) is -1.36. The lowest BCUT2D eigenvalue weighted by molar-refractivity contribution is -0.117. The van der Waals surface area contributed by atoms with Gasteiger partial charge in [0.15, 0.2) is 11.7 Å². The van der Waals surface area contributed by atoms with Gasteiger partial charge in [0, 0.05) is 15.4 Å². The van der Waals surface area contributed by atoms with Crippen molar-refractivity contribution in [1.82, 2.24) is 4.98 Å². The Morgan fingerprint density at radius 2 is 2.16 bits per heavy atom. The predicted molar refractivity (Wildman–Crippen MR) is 79.3 cm³/mol. The van der Waals surface area contributed by atoms with E-state index in [4.69, 9.17) is 16.9 Å². The number of aromatic nitrogens is 1. The van der Waals surface area contributed by atoms with Gasteiger partial charge in [-0.25, -0.2) is 4.98 Å². The first-order chi connectivity index (χ1) is 9.15. The fourth-order valence-corrected chi connectivity index (χ4v) is 2.83. The highest BCUT2D eigenvalue weighted by Gasteiger charge is 2.22. The number of nitriles is 1. The summed E-state index contributed by atoms with van der Waals surface area (Å²) >= 11 is 10.2. The second-order valence-corrected chi connectivity index (χ2v) is 5.81. The molecule has 96 valence electrons. The number of ketones is 1. The van der Waals surface area contributed by atoms with E-state index in [2.05, 4.69) is 20.9 Å². The third kappa shape index (κ3) is 3.21. The number of alkyl halides is 1. The normalized spacial score (nSPS) is 11.8. The Balaban J connectivity index is 2.31. The van der Waals surface area contributed by atoms with E-state index in [1.807, 2.05) is 35.7 Å². The smallest absolute Gasteiger partial charge is 0.171 e. The molecule has 0 saturated carbocycles. The first-order valence-corrected chi connectivity index (χ1v) is 7.56. The molecule has 1 aromatic heterocycles. The van der Waals surface area contributed by atoms with Gasteiger partial charge in [0.05, 0.1) is 17.6 Å². The monoisotopic (exact) mass is 354 g/mol. The van der Waals surface area contributed by atoms with Gasteiger partial charge in [-0.3, -0.25) is 4.79 Å². The zero-order valence-corrected chi connectivity index (χ0v) is 12.8. The molecule has 2 rings (SSSR count). The van der Waals surface area contributed by atoms with E-state index in [0.717, 1.165) is 15.7 Å². The van der Waals surface area contributed by atoms with Gasteiger partial charge in [-0.05, 0) is 12.1 Å². The predicted octanol–water partition coefficient (Wildman–Crippen LogP) is 3.99. The molecule has 0 amide bonds. The molecule has 1 aromatic carbocycles. The summed E-state index contributed by atoms with van der Waals surface area (Å²) < 4.78 is 0.985. The number of nitrogens with zero attached hydrogens (tertiary/aromatic N) is 2. The standard InChI is InChI=1S/C13H8BrClN2OS/c14-9-3-1-8(2-4-9)11-7-19-13(17-11)10(6-16)12(18)5-15/h1-4,7,10H,5H2/t10-/m0/s1. The lowest BCUT2D eigenvalue weighted by Gasteiger charge is -2.01. The van der Waals surface area contributed by atoms with E-state index in [1.54, 1.807) is 0 Å². The van der Waals surface area contributed by atoms with Crippen LogP contribution < -0.4 is 0 Å². The quantitative estimate of drug-likeness (QED) is 0.779. The highest BCUT2D eigenvalue weighted by molar-refractivity contribution is 9.10. The van der Waals surface area contributed by atoms with E-state index in [9.17, 15) is 4.79 Å². The summed E-state index contributed by atoms with van der Waals surface area (Å²) in [6.45, 7) is 0. The molecule has 0 aliphatic carbocycles. The van der Waals surface area contributed by atoms with Gasteiger partial charge in [0.25, 0.3) is 0 Å². The van der Waals surface area contributed by atoms with Crippen molar-refractivity contribution < 1.29 is 4.79 Å². The maximum Gasteiger partial charge on any atom is 0.171 e. The number of thiazole rings is 1. The highest BCUT2D eigenvalue weighted by atomic mass is 79.9. The van der Waals surface area contributed by atoms with E-state index in [1.165, 1.54) is 11.3 Å². The molecule has 0 fully saturated rings. The van der Waals surface area contributed by atoms with Crippen molar-refractivity contribution in [3.8, 4) is 17.3 Å². The number of halogens is 2. The molecule has 1 atom stereocenters. The molecule has 6 heteroatoms. The Morgan fingerprint density at radius 1 is 1.47 bits per heavy atom. The van der Waals surface area contributed by atoms with E-state index >= 15 is 0 Å². The molecule has 19 heavy (non-hydrogen) atoms. The number of carbonyl (C=O) groups excluding carboxylic acids is 1. The molecule has 0 N–H and O–H groups in total. The van der Waals surface area contributed by atoms with Crippen molar-refractivity contribution in [3.63, 3.8) is 0 Å². The zero-order valence-electron chi connectivity index (χ0n) is 9.64. The molecule has 0 aliphatic rings. The van der Waals surface area contributed by atoms with Crippen LogP contribution in [0.25, 0.3) is 11.3 Å². The summed E-state index contributed by atoms with van der Waals surface area (Å²) in [7, 11) is 0. The molecule has 2 aromatic rings. The van der Waals surface area contributed by atoms with Crippen molar-refractivity contribution in [2.24, 2.45) is 0 Å². The zero-order chi connectivity index (χ0) is 13.8. The topological polar surface area (TPSA) is 53.8 Å². The first-order valence-electron chi connectivity index (χ1n) is 5.35. The lowest BCUT2D eigenvalue weighted by Crippen LogP contribution is -2.11. The maximum absolute atomic E-state index is 11.5. The van der Waals surface area contributed by atoms with Crippen LogP contribution in [0.1, 0.15) is 10.9 Å². The number of hydrogen-bond donors (Lipinski definition) is 0. The van der Waals surface area contributed by atoms with Crippen LogP contribution in [0.5, 0.6) is 0 Å². The average Bonchev–Trinajstić information content (AvgIpc) is 2.89. The summed E-state index contributed by atoms with van der Waals surface area (Å²) in [5, 5.41) is 11.4. The first kappa shape index (κ1) is 14.2. The maximum atomic E-state index is 11.5. The number of hydrogen-bond acceptors (Lipinski definition) is 4. The van der Waals surface area contributed by atoms with Crippen LogP contribution in [0.15, 0.2) is 34.1 Å². The molecule has 0 spiro atoms. The van der Waals surface area contributed by atoms with Gasteiger partial charge < -0.3 is 0 Å². The summed E-state index contributed by atoms with van der Waals surface area (Å²) in [6.07, 6.45) is 0. The Hall–Kier alpha value is -1.22. The van der Waals surface area contributed by atoms with Crippen LogP contribution in [-0.4, -0.2) is 16.6 Å². The van der Waals surface area contributed by atoms with Gasteiger partial charge in [-0.15, -0.1) is 22.9 Å². The van der Waals surface area contributed by atoms with Gasteiger partial charge >= 0.3 is 0 Å². The minimum absolute atomic E-state index is 0.175. The highest BCUT2D eigenvalue weighted by Crippen LogP contribution is 2.27. The molecule has 0 radical (unpaired) electrons. The Bertz CT molecular complexity index is 633. The SMILES string of the molecule is N#C[C@@H](C(=O)CCl)c1nc(-c2ccc(Br)cc2)cs1. The van der Waals surface area contributed by atoms with E-state index in [0.29, 0.717) is 5.01 Å². The van der Waals surface area contributed by atoms with Crippen molar-refractivity contribution in [3.05, 3.63) is 39.1 Å². The van der Waals surface area contributed by atoms with Crippen LogP contribution in [0.3, 0.4) is 0 Å². The molecule has 3 nitrogen and oxygen atoms in total. The minimum atomic E-state index is -0.869. The van der Waals surface area contributed by atoms with Crippen LogP contribution >= 0.6 is 38.9 Å². The van der Waals surface area contributed by atoms with Crippen LogP contribution in [0, 0.1) is 11.3 Å². The van der Waals surface area contributed by atoms with Crippen molar-refractivity contribution in [2.45, 2.75) is 5.92 Å². The van der Waals surface area contributed by atoms with Crippen molar-refractivity contribution in [1.29, 1.82) is 5.26 Å². The molecular formula is C13H8BrClN2OS. The average molecular weight is 356 g/mol. The Kier molecular flexibility index (Phi) is 4.70. The largest absolute Gasteiger partial charge is 0.296 e. The Labute approximate surface area is 128 Å². The van der Waals surface area contributed by atoms with E-state index < -0.39 is 5.92 Å². The van der Waals surface area contributed by atoms with Gasteiger partial charge in [-0.2, -0.15) is 5.26 Å². The van der Waals surface area contributed by atoms with Crippen LogP contribution in [-0.2, 0) is 4.79 Å². The molecule has 0 unspecified atom stereocenters. The molecule has 0 saturated heterocycles. The number of benzene rings is 1.